The number of aromatic amines is 1. The van der Waals surface area contributed by atoms with Crippen molar-refractivity contribution in [2.45, 2.75) is 32.1 Å². The highest BCUT2D eigenvalue weighted by atomic mass is 16.5. The average molecular weight is 285 g/mol. The summed E-state index contributed by atoms with van der Waals surface area (Å²) in [4.78, 5) is 11.9. The van der Waals surface area contributed by atoms with Gasteiger partial charge in [-0.15, -0.1) is 0 Å². The third kappa shape index (κ3) is 2.63. The first-order valence-electron chi connectivity index (χ1n) is 7.20. The zero-order valence-electron chi connectivity index (χ0n) is 12.1. The molecule has 1 aromatic heterocycles. The van der Waals surface area contributed by atoms with Crippen molar-refractivity contribution in [3.05, 3.63) is 50.9 Å². The van der Waals surface area contributed by atoms with Gasteiger partial charge in [0.25, 0.3) is 5.56 Å². The van der Waals surface area contributed by atoms with E-state index in [1.165, 1.54) is 0 Å². The van der Waals surface area contributed by atoms with Gasteiger partial charge >= 0.3 is 0 Å². The zero-order chi connectivity index (χ0) is 14.8. The van der Waals surface area contributed by atoms with Gasteiger partial charge in [-0.2, -0.15) is 5.10 Å². The van der Waals surface area contributed by atoms with Gasteiger partial charge < -0.3 is 10.5 Å². The SMILES string of the molecule is COc1ccc(Cc2n[nH]c(=O)c3c2CCCC3)cc1N. The van der Waals surface area contributed by atoms with E-state index in [4.69, 9.17) is 10.5 Å². The van der Waals surface area contributed by atoms with Gasteiger partial charge in [0.1, 0.15) is 5.75 Å². The second-order valence-corrected chi connectivity index (χ2v) is 5.42. The number of nitrogens with one attached hydrogen (secondary N) is 1. The Kier molecular flexibility index (Phi) is 3.64. The maximum Gasteiger partial charge on any atom is 0.267 e. The first kappa shape index (κ1) is 13.7. The van der Waals surface area contributed by atoms with Crippen LogP contribution in [0.15, 0.2) is 23.0 Å². The van der Waals surface area contributed by atoms with Crippen molar-refractivity contribution < 1.29 is 4.74 Å². The molecule has 0 aliphatic heterocycles. The first-order chi connectivity index (χ1) is 10.2. The molecule has 110 valence electrons. The number of anilines is 1. The number of methoxy groups -OCH3 is 1. The van der Waals surface area contributed by atoms with E-state index < -0.39 is 0 Å². The second-order valence-electron chi connectivity index (χ2n) is 5.42. The number of H-pyrrole nitrogens is 1. The topological polar surface area (TPSA) is 81.0 Å². The summed E-state index contributed by atoms with van der Waals surface area (Å²) in [6.07, 6.45) is 4.66. The zero-order valence-corrected chi connectivity index (χ0v) is 12.1. The molecule has 1 heterocycles. The number of rotatable bonds is 3. The number of nitrogens with two attached hydrogens (primary N) is 1. The minimum absolute atomic E-state index is 0.0392. The van der Waals surface area contributed by atoms with Crippen molar-refractivity contribution in [1.82, 2.24) is 10.2 Å². The Morgan fingerprint density at radius 3 is 2.76 bits per heavy atom. The molecule has 0 spiro atoms. The van der Waals surface area contributed by atoms with Gasteiger partial charge in [-0.3, -0.25) is 4.79 Å². The fourth-order valence-corrected chi connectivity index (χ4v) is 2.96. The summed E-state index contributed by atoms with van der Waals surface area (Å²) in [6.45, 7) is 0. The van der Waals surface area contributed by atoms with Crippen LogP contribution in [0.1, 0.15) is 35.2 Å². The number of nitrogens with zero attached hydrogens (tertiary/aromatic N) is 1. The molecule has 0 bridgehead atoms. The van der Waals surface area contributed by atoms with Gasteiger partial charge in [-0.05, 0) is 48.9 Å². The minimum atomic E-state index is -0.0392. The van der Waals surface area contributed by atoms with Crippen LogP contribution in [0, 0.1) is 0 Å². The molecule has 0 saturated heterocycles. The van der Waals surface area contributed by atoms with Gasteiger partial charge in [-0.25, -0.2) is 5.10 Å². The average Bonchev–Trinajstić information content (AvgIpc) is 2.51. The van der Waals surface area contributed by atoms with Crippen LogP contribution in [-0.2, 0) is 19.3 Å². The largest absolute Gasteiger partial charge is 0.495 e. The van der Waals surface area contributed by atoms with E-state index in [0.717, 1.165) is 48.1 Å². The molecule has 0 amide bonds. The fourth-order valence-electron chi connectivity index (χ4n) is 2.96. The van der Waals surface area contributed by atoms with E-state index in [0.29, 0.717) is 17.9 Å². The quantitative estimate of drug-likeness (QED) is 0.843. The van der Waals surface area contributed by atoms with Crippen LogP contribution in [-0.4, -0.2) is 17.3 Å². The molecule has 5 nitrogen and oxygen atoms in total. The Bertz CT molecular complexity index is 722. The number of ether oxygens (including phenoxy) is 1. The molecule has 1 aliphatic carbocycles. The summed E-state index contributed by atoms with van der Waals surface area (Å²) in [5.41, 5.74) is 10.6. The Morgan fingerprint density at radius 1 is 1.29 bits per heavy atom. The highest BCUT2D eigenvalue weighted by Crippen LogP contribution is 2.25. The highest BCUT2D eigenvalue weighted by molar-refractivity contribution is 5.54. The molecular formula is C16H19N3O2. The molecule has 5 heteroatoms. The minimum Gasteiger partial charge on any atom is -0.495 e. The summed E-state index contributed by atoms with van der Waals surface area (Å²) in [6, 6.07) is 5.75. The third-order valence-electron chi connectivity index (χ3n) is 4.05. The highest BCUT2D eigenvalue weighted by Gasteiger charge is 2.18. The lowest BCUT2D eigenvalue weighted by Crippen LogP contribution is -2.23. The van der Waals surface area contributed by atoms with E-state index >= 15 is 0 Å². The molecule has 1 aromatic carbocycles. The van der Waals surface area contributed by atoms with Gasteiger partial charge in [0.2, 0.25) is 0 Å². The maximum absolute atomic E-state index is 11.9. The number of benzene rings is 1. The Hall–Kier alpha value is -2.30. The van der Waals surface area contributed by atoms with Crippen molar-refractivity contribution >= 4 is 5.69 Å². The van der Waals surface area contributed by atoms with Crippen LogP contribution < -0.4 is 16.0 Å². The molecule has 0 saturated carbocycles. The number of fused-ring (bicyclic) bond motifs is 1. The van der Waals surface area contributed by atoms with Crippen molar-refractivity contribution in [2.75, 3.05) is 12.8 Å². The predicted octanol–water partition coefficient (Wildman–Crippen LogP) is 1.83. The molecule has 0 fully saturated rings. The van der Waals surface area contributed by atoms with Crippen LogP contribution >= 0.6 is 0 Å². The summed E-state index contributed by atoms with van der Waals surface area (Å²) >= 11 is 0. The fraction of sp³-hybridized carbons (Fsp3) is 0.375. The monoisotopic (exact) mass is 285 g/mol. The van der Waals surface area contributed by atoms with Crippen LogP contribution in [0.4, 0.5) is 5.69 Å². The van der Waals surface area contributed by atoms with Crippen LogP contribution in [0.5, 0.6) is 5.75 Å². The summed E-state index contributed by atoms with van der Waals surface area (Å²) < 4.78 is 5.17. The van der Waals surface area contributed by atoms with Crippen molar-refractivity contribution in [1.29, 1.82) is 0 Å². The van der Waals surface area contributed by atoms with Gasteiger partial charge in [0.05, 0.1) is 18.5 Å². The molecule has 0 unspecified atom stereocenters. The standard InChI is InChI=1S/C16H19N3O2/c1-21-15-7-6-10(8-13(15)17)9-14-11-4-2-3-5-12(11)16(20)19-18-14/h6-8H,2-5,9,17H2,1H3,(H,19,20). The number of nitrogen functional groups attached to an aromatic ring is 1. The Labute approximate surface area is 123 Å². The normalized spacial score (nSPS) is 13.8. The number of hydrogen-bond donors (Lipinski definition) is 2. The Balaban J connectivity index is 1.95. The number of hydrogen-bond acceptors (Lipinski definition) is 4. The Morgan fingerprint density at radius 2 is 2.05 bits per heavy atom. The molecule has 3 N–H and O–H groups in total. The summed E-state index contributed by atoms with van der Waals surface area (Å²) in [5, 5.41) is 6.87. The van der Waals surface area contributed by atoms with Crippen molar-refractivity contribution in [3.63, 3.8) is 0 Å². The van der Waals surface area contributed by atoms with E-state index in [1.54, 1.807) is 7.11 Å². The molecule has 0 radical (unpaired) electrons. The molecule has 0 atom stereocenters. The first-order valence-corrected chi connectivity index (χ1v) is 7.20. The summed E-state index contributed by atoms with van der Waals surface area (Å²) in [5.74, 6) is 0.676. The van der Waals surface area contributed by atoms with Crippen LogP contribution in [0.3, 0.4) is 0 Å². The van der Waals surface area contributed by atoms with Crippen LogP contribution in [0.25, 0.3) is 0 Å². The van der Waals surface area contributed by atoms with Gasteiger partial charge in [0.15, 0.2) is 0 Å². The van der Waals surface area contributed by atoms with Crippen molar-refractivity contribution in [2.24, 2.45) is 0 Å². The molecule has 3 rings (SSSR count). The third-order valence-corrected chi connectivity index (χ3v) is 4.05. The molecule has 1 aliphatic rings. The van der Waals surface area contributed by atoms with Gasteiger partial charge in [0, 0.05) is 12.0 Å². The maximum atomic E-state index is 11.9. The van der Waals surface area contributed by atoms with E-state index in [-0.39, 0.29) is 5.56 Å². The molecule has 2 aromatic rings. The lowest BCUT2D eigenvalue weighted by Gasteiger charge is -2.17. The van der Waals surface area contributed by atoms with E-state index in [1.807, 2.05) is 18.2 Å². The lowest BCUT2D eigenvalue weighted by molar-refractivity contribution is 0.417. The number of aromatic nitrogens is 2. The molecular weight excluding hydrogens is 266 g/mol. The smallest absolute Gasteiger partial charge is 0.267 e. The van der Waals surface area contributed by atoms with E-state index in [9.17, 15) is 4.79 Å². The molecule has 21 heavy (non-hydrogen) atoms. The van der Waals surface area contributed by atoms with Crippen molar-refractivity contribution in [3.8, 4) is 5.75 Å². The lowest BCUT2D eigenvalue weighted by atomic mass is 9.90. The summed E-state index contributed by atoms with van der Waals surface area (Å²) in [7, 11) is 1.60. The second kappa shape index (κ2) is 5.60. The van der Waals surface area contributed by atoms with Gasteiger partial charge in [-0.1, -0.05) is 6.07 Å². The predicted molar refractivity (Wildman–Crippen MR) is 81.7 cm³/mol. The van der Waals surface area contributed by atoms with Crippen LogP contribution in [0.2, 0.25) is 0 Å². The van der Waals surface area contributed by atoms with E-state index in [2.05, 4.69) is 10.2 Å².